The Bertz CT molecular complexity index is 275. The van der Waals surface area contributed by atoms with Crippen LogP contribution in [0.15, 0.2) is 24.3 Å². The third kappa shape index (κ3) is 2.00. The van der Waals surface area contributed by atoms with Gasteiger partial charge < -0.3 is 0 Å². The zero-order valence-electron chi connectivity index (χ0n) is 5.53. The van der Waals surface area contributed by atoms with Crippen molar-refractivity contribution in [2.24, 2.45) is 0 Å². The van der Waals surface area contributed by atoms with E-state index >= 15 is 0 Å². The van der Waals surface area contributed by atoms with Gasteiger partial charge in [0.1, 0.15) is 5.82 Å². The number of nitro groups is 1. The molecule has 1 aromatic carbocycles. The summed E-state index contributed by atoms with van der Waals surface area (Å²) in [6, 6.07) is 5.54. The summed E-state index contributed by atoms with van der Waals surface area (Å²) in [5.74, 6) is -0.579. The lowest BCUT2D eigenvalue weighted by molar-refractivity contribution is -0.429. The Hall–Kier alpha value is -1.45. The number of nitrogens with zero attached hydrogens (tertiary/aromatic N) is 1. The first-order valence-electron chi connectivity index (χ1n) is 2.93. The normalized spacial score (nSPS) is 9.55. The zero-order chi connectivity index (χ0) is 8.27. The molecule has 0 spiro atoms. The van der Waals surface area contributed by atoms with Crippen molar-refractivity contribution < 1.29 is 9.31 Å². The van der Waals surface area contributed by atoms with Gasteiger partial charge in [0, 0.05) is 4.92 Å². The SMILES string of the molecule is O=[N+]([O-])[CH]c1ccccc1F. The van der Waals surface area contributed by atoms with Crippen LogP contribution >= 0.6 is 0 Å². The van der Waals surface area contributed by atoms with E-state index < -0.39 is 10.7 Å². The highest BCUT2D eigenvalue weighted by molar-refractivity contribution is 5.21. The molecule has 0 unspecified atom stereocenters. The molecule has 0 aromatic heterocycles. The number of hydrogen-bond donors (Lipinski definition) is 0. The van der Waals surface area contributed by atoms with Crippen molar-refractivity contribution >= 4 is 0 Å². The number of hydrogen-bond acceptors (Lipinski definition) is 2. The molecule has 0 saturated heterocycles. The maximum atomic E-state index is 12.6. The van der Waals surface area contributed by atoms with Gasteiger partial charge in [-0.1, -0.05) is 12.1 Å². The van der Waals surface area contributed by atoms with Crippen LogP contribution in [0.5, 0.6) is 0 Å². The van der Waals surface area contributed by atoms with E-state index in [4.69, 9.17) is 0 Å². The minimum absolute atomic E-state index is 0.00231. The Morgan fingerprint density at radius 2 is 2.09 bits per heavy atom. The second kappa shape index (κ2) is 3.09. The van der Waals surface area contributed by atoms with Crippen molar-refractivity contribution in [3.05, 3.63) is 52.3 Å². The van der Waals surface area contributed by atoms with Crippen LogP contribution < -0.4 is 0 Å². The van der Waals surface area contributed by atoms with E-state index in [1.165, 1.54) is 18.2 Å². The zero-order valence-corrected chi connectivity index (χ0v) is 5.53. The minimum Gasteiger partial charge on any atom is -0.264 e. The highest BCUT2D eigenvalue weighted by Crippen LogP contribution is 2.07. The van der Waals surface area contributed by atoms with Gasteiger partial charge in [-0.15, -0.1) is 0 Å². The Kier molecular flexibility index (Phi) is 2.15. The van der Waals surface area contributed by atoms with Crippen LogP contribution in [0.3, 0.4) is 0 Å². The van der Waals surface area contributed by atoms with E-state index in [1.807, 2.05) is 0 Å². The lowest BCUT2D eigenvalue weighted by Crippen LogP contribution is -1.96. The molecule has 0 aliphatic carbocycles. The largest absolute Gasteiger partial charge is 0.311 e. The standard InChI is InChI=1S/C7H5FNO2/c8-7-4-2-1-3-6(7)5-9(10)11/h1-5H. The molecular weight excluding hydrogens is 149 g/mol. The first kappa shape index (κ1) is 7.65. The smallest absolute Gasteiger partial charge is 0.264 e. The Labute approximate surface area is 62.6 Å². The minimum atomic E-state index is -0.682. The summed E-state index contributed by atoms with van der Waals surface area (Å²) in [4.78, 5) is 9.22. The number of halogens is 1. The van der Waals surface area contributed by atoms with Crippen LogP contribution in [0.2, 0.25) is 0 Å². The molecule has 0 heterocycles. The molecule has 0 aliphatic heterocycles. The van der Waals surface area contributed by atoms with Gasteiger partial charge in [-0.3, -0.25) is 10.1 Å². The Morgan fingerprint density at radius 1 is 1.45 bits per heavy atom. The lowest BCUT2D eigenvalue weighted by Gasteiger charge is -1.93. The third-order valence-corrected chi connectivity index (χ3v) is 1.15. The van der Waals surface area contributed by atoms with Crippen molar-refractivity contribution in [2.75, 3.05) is 0 Å². The van der Waals surface area contributed by atoms with E-state index in [9.17, 15) is 14.5 Å². The fraction of sp³-hybridized carbons (Fsp3) is 0. The van der Waals surface area contributed by atoms with Gasteiger partial charge in [-0.2, -0.15) is 0 Å². The summed E-state index contributed by atoms with van der Waals surface area (Å²) in [5, 5.41) is 9.90. The van der Waals surface area contributed by atoms with Gasteiger partial charge >= 0.3 is 6.54 Å². The molecule has 11 heavy (non-hydrogen) atoms. The molecule has 0 amide bonds. The van der Waals surface area contributed by atoms with Crippen molar-refractivity contribution in [3.63, 3.8) is 0 Å². The maximum Gasteiger partial charge on any atom is 0.311 e. The summed E-state index contributed by atoms with van der Waals surface area (Å²) in [7, 11) is 0. The summed E-state index contributed by atoms with van der Waals surface area (Å²) < 4.78 is 12.6. The highest BCUT2D eigenvalue weighted by atomic mass is 19.1. The Balaban J connectivity index is 2.86. The predicted octanol–water partition coefficient (Wildman–Crippen LogP) is 1.61. The van der Waals surface area contributed by atoms with Gasteiger partial charge in [0.2, 0.25) is 0 Å². The second-order valence-electron chi connectivity index (χ2n) is 1.94. The lowest BCUT2D eigenvalue weighted by atomic mass is 10.2. The predicted molar refractivity (Wildman–Crippen MR) is 36.8 cm³/mol. The molecule has 57 valence electrons. The van der Waals surface area contributed by atoms with Crippen molar-refractivity contribution in [1.29, 1.82) is 0 Å². The van der Waals surface area contributed by atoms with Crippen LogP contribution in [0.4, 0.5) is 4.39 Å². The van der Waals surface area contributed by atoms with Gasteiger partial charge in [-0.25, -0.2) is 4.39 Å². The van der Waals surface area contributed by atoms with Gasteiger partial charge in [0.15, 0.2) is 0 Å². The third-order valence-electron chi connectivity index (χ3n) is 1.15. The van der Waals surface area contributed by atoms with E-state index in [0.717, 1.165) is 0 Å². The van der Waals surface area contributed by atoms with Crippen LogP contribution in [-0.4, -0.2) is 4.92 Å². The summed E-state index contributed by atoms with van der Waals surface area (Å²) >= 11 is 0. The van der Waals surface area contributed by atoms with E-state index in [0.29, 0.717) is 6.54 Å². The molecule has 1 radical (unpaired) electrons. The molecule has 0 bridgehead atoms. The summed E-state index contributed by atoms with van der Waals surface area (Å²) in [6.07, 6.45) is 0. The molecule has 3 nitrogen and oxygen atoms in total. The first-order valence-corrected chi connectivity index (χ1v) is 2.93. The Morgan fingerprint density at radius 3 is 2.64 bits per heavy atom. The second-order valence-corrected chi connectivity index (χ2v) is 1.94. The van der Waals surface area contributed by atoms with Gasteiger partial charge in [0.05, 0.1) is 5.56 Å². The molecule has 0 N–H and O–H groups in total. The monoisotopic (exact) mass is 154 g/mol. The maximum absolute atomic E-state index is 12.6. The molecular formula is C7H5FNO2. The van der Waals surface area contributed by atoms with Crippen LogP contribution in [-0.2, 0) is 0 Å². The fourth-order valence-electron chi connectivity index (χ4n) is 0.693. The molecule has 0 atom stereocenters. The van der Waals surface area contributed by atoms with Crippen LogP contribution in [0, 0.1) is 22.5 Å². The molecule has 1 aromatic rings. The first-order chi connectivity index (χ1) is 5.20. The fourth-order valence-corrected chi connectivity index (χ4v) is 0.693. The van der Waals surface area contributed by atoms with E-state index in [-0.39, 0.29) is 5.56 Å². The summed E-state index contributed by atoms with van der Waals surface area (Å²) in [6.45, 7) is 0.634. The highest BCUT2D eigenvalue weighted by Gasteiger charge is 2.07. The molecule has 4 heteroatoms. The van der Waals surface area contributed by atoms with Gasteiger partial charge in [0.25, 0.3) is 0 Å². The van der Waals surface area contributed by atoms with E-state index in [2.05, 4.69) is 0 Å². The van der Waals surface area contributed by atoms with E-state index in [1.54, 1.807) is 6.07 Å². The topological polar surface area (TPSA) is 43.1 Å². The average molecular weight is 154 g/mol. The summed E-state index contributed by atoms with van der Waals surface area (Å²) in [5.41, 5.74) is -0.00231. The number of rotatable bonds is 2. The molecule has 1 rings (SSSR count). The average Bonchev–Trinajstić information content (AvgIpc) is 1.93. The number of benzene rings is 1. The van der Waals surface area contributed by atoms with Crippen molar-refractivity contribution in [1.82, 2.24) is 0 Å². The van der Waals surface area contributed by atoms with Crippen molar-refractivity contribution in [2.45, 2.75) is 0 Å². The van der Waals surface area contributed by atoms with Crippen LogP contribution in [0.1, 0.15) is 5.56 Å². The van der Waals surface area contributed by atoms with Crippen LogP contribution in [0.25, 0.3) is 0 Å². The van der Waals surface area contributed by atoms with Gasteiger partial charge in [-0.05, 0) is 12.1 Å². The molecule has 0 saturated carbocycles. The molecule has 0 aliphatic rings. The van der Waals surface area contributed by atoms with Crippen molar-refractivity contribution in [3.8, 4) is 0 Å². The quantitative estimate of drug-likeness (QED) is 0.479. The molecule has 0 fully saturated rings.